The average Bonchev–Trinajstić information content (AvgIpc) is 0.832. The summed E-state index contributed by atoms with van der Waals surface area (Å²) in [6, 6.07) is 53.9. The van der Waals surface area contributed by atoms with Crippen molar-refractivity contribution in [2.24, 2.45) is 15.4 Å². The van der Waals surface area contributed by atoms with Crippen LogP contribution in [0.1, 0.15) is 33.4 Å². The zero-order chi connectivity index (χ0) is 68.3. The number of nitrogens with zero attached hydrogens (tertiary/aromatic N) is 3. The summed E-state index contributed by atoms with van der Waals surface area (Å²) in [5.74, 6) is -0.124. The molecule has 0 bridgehead atoms. The Morgan fingerprint density at radius 2 is 0.702 bits per heavy atom. The second kappa shape index (κ2) is 32.1. The first-order valence-electron chi connectivity index (χ1n) is 27.0. The van der Waals surface area contributed by atoms with Crippen LogP contribution in [0.2, 0.25) is 15.1 Å². The lowest BCUT2D eigenvalue weighted by atomic mass is 10.1. The van der Waals surface area contributed by atoms with Crippen LogP contribution in [-0.4, -0.2) is 57.2 Å². The highest BCUT2D eigenvalue weighted by atomic mass is 35.5. The smallest absolute Gasteiger partial charge is 0.241 e. The summed E-state index contributed by atoms with van der Waals surface area (Å²) in [5, 5.41) is 52.6. The van der Waals surface area contributed by atoms with Crippen molar-refractivity contribution in [1.82, 2.24) is 0 Å². The van der Waals surface area contributed by atoms with Gasteiger partial charge in [-0.1, -0.05) is 102 Å². The van der Waals surface area contributed by atoms with Crippen molar-refractivity contribution in [3.8, 4) is 64.2 Å². The number of methoxy groups -OCH3 is 2. The number of sulfonamides is 3. The molecular formula is C65H52Cl3N9O14S3. The number of carbonyl (C=O) groups excluding carboxylic acids is 3. The Labute approximate surface area is 555 Å². The van der Waals surface area contributed by atoms with Gasteiger partial charge in [-0.25, -0.2) is 40.7 Å². The minimum atomic E-state index is -4.24. The van der Waals surface area contributed by atoms with E-state index in [0.717, 1.165) is 6.07 Å². The Morgan fingerprint density at radius 3 is 1.05 bits per heavy atom. The molecule has 0 saturated heterocycles. The van der Waals surface area contributed by atoms with Crippen LogP contribution >= 0.6 is 34.8 Å². The lowest BCUT2D eigenvalue weighted by Crippen LogP contribution is -2.17. The molecule has 0 aliphatic rings. The molecule has 0 aliphatic heterocycles. The van der Waals surface area contributed by atoms with Crippen molar-refractivity contribution in [2.45, 2.75) is 33.9 Å². The molecule has 0 radical (unpaired) electrons. The standard InChI is InChI=1S/C22H15ClN4O4S.C22H18ClN3O5S.C21H19ClN2O5S/c23-19-4-2-1-3-16(19)10-22(28)27-17-5-6-20(21(11-17)32(26,29)30)31-18-8-14(12-24)7-15(9-18)13-25;1-30-18-8-6-14(13-24)10-20(18)31-19-9-7-16(12-21(19)32(25,28)29)26-22(27)11-15-4-2-3-5-17(15)23;1-28-17-8-4-5-9-18(17)29-19-11-10-15(13-20(19)30(23,26)27)24-21(25)12-14-6-2-3-7-16(14)22/h1-9,11H,10H2,(H,27,28)(H2,26,29,30);2-10,12H,11H2,1H3,(H,26,27)(H2,25,28,29);2-11,13H,12H2,1H3,(H,24,25)(H2,23,26,27). The van der Waals surface area contributed by atoms with E-state index in [1.807, 2.05) is 18.2 Å². The van der Waals surface area contributed by atoms with Crippen LogP contribution in [0.3, 0.4) is 0 Å². The maximum Gasteiger partial charge on any atom is 0.241 e. The lowest BCUT2D eigenvalue weighted by Gasteiger charge is -2.14. The molecule has 0 aliphatic carbocycles. The topological polar surface area (TPSA) is 385 Å². The van der Waals surface area contributed by atoms with Gasteiger partial charge in [0.15, 0.2) is 23.0 Å². The molecular weight excluding hydrogens is 1330 g/mol. The molecule has 0 heterocycles. The van der Waals surface area contributed by atoms with E-state index >= 15 is 0 Å². The van der Waals surface area contributed by atoms with Gasteiger partial charge >= 0.3 is 0 Å². The number of halogens is 3. The third-order valence-corrected chi connectivity index (χ3v) is 16.6. The van der Waals surface area contributed by atoms with E-state index in [1.165, 1.54) is 99.1 Å². The molecule has 0 saturated carbocycles. The summed E-state index contributed by atoms with van der Waals surface area (Å²) < 4.78 is 100. The van der Waals surface area contributed by atoms with Crippen LogP contribution in [0.25, 0.3) is 0 Å². The summed E-state index contributed by atoms with van der Waals surface area (Å²) in [7, 11) is -9.71. The van der Waals surface area contributed by atoms with Gasteiger partial charge in [0.25, 0.3) is 0 Å². The Balaban J connectivity index is 0.000000200. The van der Waals surface area contributed by atoms with Crippen molar-refractivity contribution in [3.63, 3.8) is 0 Å². The van der Waals surface area contributed by atoms with E-state index < -0.39 is 41.9 Å². The van der Waals surface area contributed by atoms with E-state index in [0.29, 0.717) is 54.6 Å². The summed E-state index contributed by atoms with van der Waals surface area (Å²) in [6.45, 7) is 0. The number of amides is 3. The second-order valence-corrected chi connectivity index (χ2v) is 25.3. The van der Waals surface area contributed by atoms with Crippen LogP contribution in [0.15, 0.2) is 203 Å². The number of hydrogen-bond acceptors (Lipinski definition) is 17. The molecule has 0 spiro atoms. The average molecular weight is 1390 g/mol. The maximum atomic E-state index is 12.4. The van der Waals surface area contributed by atoms with Gasteiger partial charge in [0.1, 0.15) is 37.7 Å². The summed E-state index contributed by atoms with van der Waals surface area (Å²) in [4.78, 5) is 36.1. The molecule has 9 N–H and O–H groups in total. The van der Waals surface area contributed by atoms with Crippen molar-refractivity contribution in [2.75, 3.05) is 30.2 Å². The first-order chi connectivity index (χ1) is 44.7. The first kappa shape index (κ1) is 70.9. The number of ether oxygens (including phenoxy) is 5. The fourth-order valence-corrected chi connectivity index (χ4v) is 11.1. The van der Waals surface area contributed by atoms with Gasteiger partial charge in [0, 0.05) is 38.2 Å². The Kier molecular flexibility index (Phi) is 24.3. The Morgan fingerprint density at radius 1 is 0.383 bits per heavy atom. The Hall–Kier alpha value is -10.5. The molecule has 0 aromatic heterocycles. The van der Waals surface area contributed by atoms with Gasteiger partial charge in [-0.15, -0.1) is 0 Å². The minimum Gasteiger partial charge on any atom is -0.493 e. The third-order valence-electron chi connectivity index (χ3n) is 12.7. The number of benzene rings is 9. The highest BCUT2D eigenvalue weighted by Crippen LogP contribution is 2.38. The first-order valence-corrected chi connectivity index (χ1v) is 32.8. The monoisotopic (exact) mass is 1380 g/mol. The maximum absolute atomic E-state index is 12.4. The van der Waals surface area contributed by atoms with Crippen molar-refractivity contribution < 1.29 is 63.3 Å². The predicted octanol–water partition coefficient (Wildman–Crippen LogP) is 11.5. The number of carbonyl (C=O) groups is 3. The van der Waals surface area contributed by atoms with Crippen molar-refractivity contribution in [3.05, 3.63) is 237 Å². The fourth-order valence-electron chi connectivity index (χ4n) is 8.42. The van der Waals surface area contributed by atoms with Crippen LogP contribution in [0.5, 0.6) is 46.0 Å². The summed E-state index contributed by atoms with van der Waals surface area (Å²) in [5.41, 5.74) is 3.16. The molecule has 0 fully saturated rings. The van der Waals surface area contributed by atoms with Gasteiger partial charge in [0.05, 0.1) is 68.4 Å². The van der Waals surface area contributed by atoms with E-state index in [-0.39, 0.29) is 96.8 Å². The molecule has 0 atom stereocenters. The molecule has 9 aromatic carbocycles. The highest BCUT2D eigenvalue weighted by Gasteiger charge is 2.23. The van der Waals surface area contributed by atoms with Crippen molar-refractivity contribution in [1.29, 1.82) is 15.8 Å². The number of para-hydroxylation sites is 2. The number of rotatable bonds is 20. The van der Waals surface area contributed by atoms with Crippen LogP contribution in [0.4, 0.5) is 17.1 Å². The predicted molar refractivity (Wildman–Crippen MR) is 352 cm³/mol. The van der Waals surface area contributed by atoms with Gasteiger partial charge in [-0.2, -0.15) is 15.8 Å². The van der Waals surface area contributed by atoms with E-state index in [4.69, 9.17) is 89.7 Å². The highest BCUT2D eigenvalue weighted by molar-refractivity contribution is 7.89. The number of nitrogens with two attached hydrogens (primary N) is 3. The molecule has 9 rings (SSSR count). The van der Waals surface area contributed by atoms with Crippen LogP contribution in [-0.2, 0) is 63.7 Å². The molecule has 9 aromatic rings. The van der Waals surface area contributed by atoms with Crippen LogP contribution in [0, 0.1) is 34.0 Å². The summed E-state index contributed by atoms with van der Waals surface area (Å²) >= 11 is 18.2. The normalized spacial score (nSPS) is 10.8. The molecule has 94 heavy (non-hydrogen) atoms. The Bertz CT molecular complexity index is 4820. The molecule has 480 valence electrons. The lowest BCUT2D eigenvalue weighted by molar-refractivity contribution is -0.116. The zero-order valence-electron chi connectivity index (χ0n) is 49.2. The second-order valence-electron chi connectivity index (χ2n) is 19.5. The van der Waals surface area contributed by atoms with Gasteiger partial charge in [0.2, 0.25) is 47.8 Å². The SMILES string of the molecule is COc1ccc(C#N)cc1Oc1ccc(NC(=O)Cc2ccccc2Cl)cc1S(N)(=O)=O.COc1ccccc1Oc1ccc(NC(=O)Cc2ccccc2Cl)cc1S(N)(=O)=O.N#Cc1cc(C#N)cc(Oc2ccc(NC(=O)Cc3ccccc3Cl)cc2S(N)(=O)=O)c1. The summed E-state index contributed by atoms with van der Waals surface area (Å²) in [6.07, 6.45) is 0.0190. The quantitative estimate of drug-likeness (QED) is 0.0413. The number of anilines is 3. The fraction of sp³-hybridized carbons (Fsp3) is 0.0769. The largest absolute Gasteiger partial charge is 0.493 e. The number of hydrogen-bond donors (Lipinski definition) is 6. The minimum absolute atomic E-state index is 0.000778. The molecule has 3 amide bonds. The number of nitriles is 3. The van der Waals surface area contributed by atoms with Gasteiger partial charge < -0.3 is 39.6 Å². The van der Waals surface area contributed by atoms with Crippen molar-refractivity contribution >= 4 is 99.7 Å². The van der Waals surface area contributed by atoms with Gasteiger partial charge in [-0.3, -0.25) is 14.4 Å². The van der Waals surface area contributed by atoms with E-state index in [2.05, 4.69) is 16.0 Å². The van der Waals surface area contributed by atoms with Crippen LogP contribution < -0.4 is 55.1 Å². The molecule has 23 nitrogen and oxygen atoms in total. The number of nitrogens with one attached hydrogen (secondary N) is 3. The molecule has 0 unspecified atom stereocenters. The third kappa shape index (κ3) is 20.2. The molecule has 29 heteroatoms. The van der Waals surface area contributed by atoms with E-state index in [1.54, 1.807) is 97.1 Å². The number of primary sulfonamides is 3. The van der Waals surface area contributed by atoms with Gasteiger partial charge in [-0.05, 0) is 132 Å². The van der Waals surface area contributed by atoms with E-state index in [9.17, 15) is 39.6 Å². The zero-order valence-corrected chi connectivity index (χ0v) is 53.9.